The van der Waals surface area contributed by atoms with Gasteiger partial charge in [-0.2, -0.15) is 0 Å². The Kier molecular flexibility index (Phi) is 7.97. The number of hydrogen-bond donors (Lipinski definition) is 2. The molecule has 206 valence electrons. The van der Waals surface area contributed by atoms with E-state index in [-0.39, 0.29) is 18.0 Å². The zero-order valence-corrected chi connectivity index (χ0v) is 25.0. The lowest BCUT2D eigenvalue weighted by molar-refractivity contribution is -0.116. The molecule has 4 aromatic rings. The second-order valence-corrected chi connectivity index (χ2v) is 11.3. The standard InChI is InChI=1S/C32H34ClN5OS/c1-19-12-13-20(2)27(17-19)35-28(39)14-16-37-31(30(36-32(37)40)26-11-6-7-15-34-26)29-21(3)22(4)38(23(29)5)25-10-8-9-24(33)18-25/h6-13,15,17-18,30-31H,14,16H2,1-5H3,(H,35,39)(H,36,40)/t30-,31+/m0/s1. The molecule has 0 spiro atoms. The maximum atomic E-state index is 13.1. The first-order valence-corrected chi connectivity index (χ1v) is 14.2. The molecule has 6 nitrogen and oxygen atoms in total. The van der Waals surface area contributed by atoms with Crippen molar-refractivity contribution >= 4 is 40.5 Å². The van der Waals surface area contributed by atoms with Crippen molar-refractivity contribution in [1.29, 1.82) is 0 Å². The summed E-state index contributed by atoms with van der Waals surface area (Å²) in [4.78, 5) is 19.9. The van der Waals surface area contributed by atoms with Crippen molar-refractivity contribution in [3.63, 3.8) is 0 Å². The SMILES string of the molecule is Cc1ccc(C)c(NC(=O)CCN2C(=S)N[C@@H](c3ccccn3)[C@H]2c2c(C)c(C)n(-c3cccc(Cl)c3)c2C)c1. The van der Waals surface area contributed by atoms with E-state index in [1.807, 2.05) is 68.4 Å². The molecule has 2 aromatic heterocycles. The van der Waals surface area contributed by atoms with Gasteiger partial charge in [0.1, 0.15) is 0 Å². The van der Waals surface area contributed by atoms with Crippen LogP contribution in [0.4, 0.5) is 5.69 Å². The number of amides is 1. The number of carbonyl (C=O) groups is 1. The number of nitrogens with zero attached hydrogens (tertiary/aromatic N) is 3. The van der Waals surface area contributed by atoms with E-state index in [1.165, 1.54) is 11.1 Å². The first-order valence-electron chi connectivity index (χ1n) is 13.4. The van der Waals surface area contributed by atoms with Crippen LogP contribution < -0.4 is 10.6 Å². The van der Waals surface area contributed by atoms with E-state index >= 15 is 0 Å². The largest absolute Gasteiger partial charge is 0.352 e. The lowest BCUT2D eigenvalue weighted by Crippen LogP contribution is -2.33. The Balaban J connectivity index is 1.51. The molecule has 2 aromatic carbocycles. The fourth-order valence-corrected chi connectivity index (χ4v) is 6.23. The van der Waals surface area contributed by atoms with Gasteiger partial charge < -0.3 is 20.1 Å². The lowest BCUT2D eigenvalue weighted by atomic mass is 9.93. The normalized spacial score (nSPS) is 16.8. The summed E-state index contributed by atoms with van der Waals surface area (Å²) in [5, 5.41) is 7.92. The van der Waals surface area contributed by atoms with Gasteiger partial charge in [-0.15, -0.1) is 0 Å². The summed E-state index contributed by atoms with van der Waals surface area (Å²) in [5.41, 5.74) is 9.51. The van der Waals surface area contributed by atoms with E-state index in [0.29, 0.717) is 23.1 Å². The number of pyridine rings is 1. The number of benzene rings is 2. The Hall–Kier alpha value is -3.68. The molecular weight excluding hydrogens is 538 g/mol. The van der Waals surface area contributed by atoms with Crippen molar-refractivity contribution in [2.75, 3.05) is 11.9 Å². The van der Waals surface area contributed by atoms with Crippen LogP contribution >= 0.6 is 23.8 Å². The van der Waals surface area contributed by atoms with E-state index in [4.69, 9.17) is 23.8 Å². The predicted molar refractivity (Wildman–Crippen MR) is 166 cm³/mol. The molecule has 3 heterocycles. The van der Waals surface area contributed by atoms with Gasteiger partial charge in [-0.05, 0) is 99.9 Å². The number of aryl methyl sites for hydroxylation is 2. The molecule has 1 fully saturated rings. The summed E-state index contributed by atoms with van der Waals surface area (Å²) < 4.78 is 2.25. The van der Waals surface area contributed by atoms with Crippen LogP contribution in [0.3, 0.4) is 0 Å². The van der Waals surface area contributed by atoms with Crippen molar-refractivity contribution in [1.82, 2.24) is 19.8 Å². The molecule has 1 aliphatic heterocycles. The van der Waals surface area contributed by atoms with Gasteiger partial charge in [0, 0.05) is 52.5 Å². The van der Waals surface area contributed by atoms with Gasteiger partial charge in [0.2, 0.25) is 5.91 Å². The quantitative estimate of drug-likeness (QED) is 0.232. The monoisotopic (exact) mass is 571 g/mol. The fourth-order valence-electron chi connectivity index (χ4n) is 5.71. The number of thiocarbonyl (C=S) groups is 1. The maximum Gasteiger partial charge on any atom is 0.226 e. The number of nitrogens with one attached hydrogen (secondary N) is 2. The molecule has 0 aliphatic carbocycles. The maximum absolute atomic E-state index is 13.1. The summed E-state index contributed by atoms with van der Waals surface area (Å²) in [5.74, 6) is -0.0438. The minimum absolute atomic E-state index is 0.0438. The van der Waals surface area contributed by atoms with E-state index in [2.05, 4.69) is 51.9 Å². The summed E-state index contributed by atoms with van der Waals surface area (Å²) >= 11 is 12.3. The molecule has 1 amide bonds. The molecule has 0 unspecified atom stereocenters. The van der Waals surface area contributed by atoms with Gasteiger partial charge in [0.25, 0.3) is 0 Å². The van der Waals surface area contributed by atoms with E-state index in [0.717, 1.165) is 39.6 Å². The van der Waals surface area contributed by atoms with Crippen LogP contribution in [-0.4, -0.2) is 32.0 Å². The fraction of sp³-hybridized carbons (Fsp3) is 0.281. The third-order valence-corrected chi connectivity index (χ3v) is 8.40. The highest BCUT2D eigenvalue weighted by Crippen LogP contribution is 2.43. The third-order valence-electron chi connectivity index (χ3n) is 7.81. The molecule has 2 N–H and O–H groups in total. The Morgan fingerprint density at radius 2 is 1.82 bits per heavy atom. The van der Waals surface area contributed by atoms with Crippen molar-refractivity contribution in [3.05, 3.63) is 111 Å². The minimum atomic E-state index is -0.164. The Labute approximate surface area is 246 Å². The Morgan fingerprint density at radius 1 is 1.02 bits per heavy atom. The molecule has 0 bridgehead atoms. The molecule has 40 heavy (non-hydrogen) atoms. The minimum Gasteiger partial charge on any atom is -0.352 e. The zero-order valence-electron chi connectivity index (χ0n) is 23.5. The number of hydrogen-bond acceptors (Lipinski definition) is 3. The number of halogens is 1. The Morgan fingerprint density at radius 3 is 2.55 bits per heavy atom. The molecule has 2 atom stereocenters. The highest BCUT2D eigenvalue weighted by Gasteiger charge is 2.42. The van der Waals surface area contributed by atoms with Gasteiger partial charge in [-0.25, -0.2) is 0 Å². The van der Waals surface area contributed by atoms with Crippen molar-refractivity contribution in [2.24, 2.45) is 0 Å². The van der Waals surface area contributed by atoms with Gasteiger partial charge in [0.15, 0.2) is 5.11 Å². The molecule has 0 radical (unpaired) electrons. The number of carbonyl (C=O) groups excluding carboxylic acids is 1. The summed E-state index contributed by atoms with van der Waals surface area (Å²) in [6.07, 6.45) is 2.10. The van der Waals surface area contributed by atoms with E-state index < -0.39 is 0 Å². The topological polar surface area (TPSA) is 62.2 Å². The first kappa shape index (κ1) is 27.9. The van der Waals surface area contributed by atoms with Crippen LogP contribution in [0, 0.1) is 34.6 Å². The van der Waals surface area contributed by atoms with Crippen LogP contribution in [0.5, 0.6) is 0 Å². The summed E-state index contributed by atoms with van der Waals surface area (Å²) in [7, 11) is 0. The van der Waals surface area contributed by atoms with Gasteiger partial charge >= 0.3 is 0 Å². The first-order chi connectivity index (χ1) is 19.2. The average molecular weight is 572 g/mol. The van der Waals surface area contributed by atoms with Crippen molar-refractivity contribution in [3.8, 4) is 5.69 Å². The summed E-state index contributed by atoms with van der Waals surface area (Å²) in [6.45, 7) is 10.9. The third kappa shape index (κ3) is 5.36. The number of anilines is 1. The molecule has 5 rings (SSSR count). The summed E-state index contributed by atoms with van der Waals surface area (Å²) in [6, 6.07) is 19.6. The average Bonchev–Trinajstić information content (AvgIpc) is 3.36. The second-order valence-electron chi connectivity index (χ2n) is 10.5. The predicted octanol–water partition coefficient (Wildman–Crippen LogP) is 7.07. The molecule has 0 saturated carbocycles. The van der Waals surface area contributed by atoms with Crippen LogP contribution in [0.15, 0.2) is 66.9 Å². The zero-order chi connectivity index (χ0) is 28.6. The van der Waals surface area contributed by atoms with Crippen LogP contribution in [0.25, 0.3) is 5.69 Å². The second kappa shape index (κ2) is 11.4. The highest BCUT2D eigenvalue weighted by molar-refractivity contribution is 7.80. The lowest BCUT2D eigenvalue weighted by Gasteiger charge is -2.29. The van der Waals surface area contributed by atoms with Gasteiger partial charge in [-0.1, -0.05) is 35.9 Å². The Bertz CT molecular complexity index is 1580. The van der Waals surface area contributed by atoms with Crippen LogP contribution in [0.1, 0.15) is 57.8 Å². The highest BCUT2D eigenvalue weighted by atomic mass is 35.5. The molecule has 1 saturated heterocycles. The van der Waals surface area contributed by atoms with E-state index in [9.17, 15) is 4.79 Å². The molecular formula is C32H34ClN5OS. The molecule has 8 heteroatoms. The van der Waals surface area contributed by atoms with Gasteiger partial charge in [-0.3, -0.25) is 9.78 Å². The number of rotatable bonds is 7. The van der Waals surface area contributed by atoms with Crippen LogP contribution in [0.2, 0.25) is 5.02 Å². The molecule has 1 aliphatic rings. The van der Waals surface area contributed by atoms with Crippen LogP contribution in [-0.2, 0) is 4.79 Å². The smallest absolute Gasteiger partial charge is 0.226 e. The van der Waals surface area contributed by atoms with Crippen molar-refractivity contribution in [2.45, 2.75) is 53.1 Å². The van der Waals surface area contributed by atoms with E-state index in [1.54, 1.807) is 6.20 Å². The van der Waals surface area contributed by atoms with Gasteiger partial charge in [0.05, 0.1) is 17.8 Å². The van der Waals surface area contributed by atoms with Crippen molar-refractivity contribution < 1.29 is 4.79 Å². The number of aromatic nitrogens is 2.